The third-order valence-electron chi connectivity index (χ3n) is 6.10. The summed E-state index contributed by atoms with van der Waals surface area (Å²) in [6.45, 7) is 11.3. The highest BCUT2D eigenvalue weighted by atomic mass is 15.0. The topological polar surface area (TPSA) is 54.7 Å². The van der Waals surface area contributed by atoms with Gasteiger partial charge in [0.1, 0.15) is 5.82 Å². The first-order valence-electron chi connectivity index (χ1n) is 7.14. The Morgan fingerprint density at radius 3 is 2.67 bits per heavy atom. The number of nitrogens with zero attached hydrogens (tertiary/aromatic N) is 1. The van der Waals surface area contributed by atoms with Crippen molar-refractivity contribution in [2.24, 2.45) is 11.1 Å². The average Bonchev–Trinajstić information content (AvgIpc) is 2.86. The van der Waals surface area contributed by atoms with E-state index in [0.717, 1.165) is 12.2 Å². The smallest absolute Gasteiger partial charge is 0.126 e. The molecule has 1 saturated carbocycles. The highest BCUT2D eigenvalue weighted by Gasteiger charge is 2.61. The van der Waals surface area contributed by atoms with Gasteiger partial charge >= 0.3 is 0 Å². The van der Waals surface area contributed by atoms with E-state index in [4.69, 9.17) is 10.7 Å². The maximum atomic E-state index is 6.33. The van der Waals surface area contributed by atoms with Crippen molar-refractivity contribution in [3.05, 3.63) is 17.2 Å². The minimum absolute atomic E-state index is 0.228. The van der Waals surface area contributed by atoms with Gasteiger partial charge in [-0.25, -0.2) is 4.98 Å². The van der Waals surface area contributed by atoms with Gasteiger partial charge in [-0.1, -0.05) is 27.7 Å². The molecule has 1 heterocycles. The molecule has 0 saturated heterocycles. The van der Waals surface area contributed by atoms with E-state index in [0.29, 0.717) is 11.3 Å². The summed E-state index contributed by atoms with van der Waals surface area (Å²) in [4.78, 5) is 8.46. The van der Waals surface area contributed by atoms with Crippen molar-refractivity contribution in [2.45, 2.75) is 70.8 Å². The number of aromatic nitrogens is 2. The van der Waals surface area contributed by atoms with Crippen molar-refractivity contribution in [1.29, 1.82) is 0 Å². The summed E-state index contributed by atoms with van der Waals surface area (Å²) >= 11 is 0. The molecule has 2 aliphatic carbocycles. The normalized spacial score (nSPS) is 35.6. The third-order valence-corrected chi connectivity index (χ3v) is 6.10. The number of fused-ring (bicyclic) bond motifs is 5. The molecule has 0 aromatic carbocycles. The number of rotatable bonds is 2. The molecule has 3 rings (SSSR count). The molecule has 3 heteroatoms. The Hall–Kier alpha value is -0.830. The third kappa shape index (κ3) is 1.16. The molecule has 18 heavy (non-hydrogen) atoms. The number of aromatic amines is 1. The molecule has 1 aromatic heterocycles. The van der Waals surface area contributed by atoms with Crippen LogP contribution in [0.1, 0.15) is 77.0 Å². The van der Waals surface area contributed by atoms with E-state index in [-0.39, 0.29) is 11.0 Å². The molecule has 1 fully saturated rings. The minimum atomic E-state index is -0.329. The van der Waals surface area contributed by atoms with Crippen molar-refractivity contribution in [1.82, 2.24) is 9.97 Å². The van der Waals surface area contributed by atoms with Crippen molar-refractivity contribution in [3.63, 3.8) is 0 Å². The van der Waals surface area contributed by atoms with Gasteiger partial charge in [0, 0.05) is 17.0 Å². The maximum Gasteiger partial charge on any atom is 0.126 e. The van der Waals surface area contributed by atoms with Crippen LogP contribution in [0.3, 0.4) is 0 Å². The lowest BCUT2D eigenvalue weighted by atomic mass is 9.70. The molecule has 1 aromatic rings. The Bertz CT molecular complexity index is 498. The molecule has 3 atom stereocenters. The van der Waals surface area contributed by atoms with Gasteiger partial charge in [-0.2, -0.15) is 0 Å². The number of hydrogen-bond donors (Lipinski definition) is 2. The molecule has 0 radical (unpaired) electrons. The molecule has 100 valence electrons. The summed E-state index contributed by atoms with van der Waals surface area (Å²) in [5, 5.41) is 0. The van der Waals surface area contributed by atoms with Crippen LogP contribution in [0.25, 0.3) is 0 Å². The van der Waals surface area contributed by atoms with Crippen LogP contribution in [0.15, 0.2) is 0 Å². The summed E-state index contributed by atoms with van der Waals surface area (Å²) in [7, 11) is 0. The molecule has 3 unspecified atom stereocenters. The second-order valence-electron chi connectivity index (χ2n) is 7.26. The van der Waals surface area contributed by atoms with E-state index in [2.05, 4.69) is 39.6 Å². The second-order valence-corrected chi connectivity index (χ2v) is 7.26. The van der Waals surface area contributed by atoms with Gasteiger partial charge in [-0.3, -0.25) is 0 Å². The molecule has 2 aliphatic rings. The Labute approximate surface area is 110 Å². The summed E-state index contributed by atoms with van der Waals surface area (Å²) in [5.41, 5.74) is 9.22. The zero-order chi connectivity index (χ0) is 13.3. The van der Waals surface area contributed by atoms with E-state index >= 15 is 0 Å². The number of nitrogens with two attached hydrogens (primary N) is 1. The second kappa shape index (κ2) is 3.19. The molecular weight excluding hydrogens is 222 g/mol. The standard InChI is InChI=1S/C15H25N3/c1-6-15(5,16)12-17-10-9-7-8-14(4,11(10)18-12)13(9,2)3/h9H,6-8,16H2,1-5H3,(H,17,18). The van der Waals surface area contributed by atoms with E-state index in [1.165, 1.54) is 24.2 Å². The molecule has 0 aliphatic heterocycles. The maximum absolute atomic E-state index is 6.33. The molecule has 2 bridgehead atoms. The molecule has 0 amide bonds. The lowest BCUT2D eigenvalue weighted by molar-refractivity contribution is 0.224. The molecule has 3 N–H and O–H groups in total. The first-order chi connectivity index (χ1) is 8.24. The monoisotopic (exact) mass is 247 g/mol. The van der Waals surface area contributed by atoms with Crippen LogP contribution in [0, 0.1) is 5.41 Å². The van der Waals surface area contributed by atoms with Gasteiger partial charge in [0.25, 0.3) is 0 Å². The SMILES string of the molecule is CCC(C)(N)c1nc2c([nH]1)C1CCC2(C)C1(C)C. The van der Waals surface area contributed by atoms with Gasteiger partial charge in [-0.15, -0.1) is 0 Å². The van der Waals surface area contributed by atoms with Gasteiger partial charge in [0.05, 0.1) is 11.2 Å². The zero-order valence-corrected chi connectivity index (χ0v) is 12.2. The minimum Gasteiger partial charge on any atom is -0.344 e. The summed E-state index contributed by atoms with van der Waals surface area (Å²) in [6.07, 6.45) is 3.45. The Morgan fingerprint density at radius 1 is 1.44 bits per heavy atom. The van der Waals surface area contributed by atoms with Crippen molar-refractivity contribution >= 4 is 0 Å². The van der Waals surface area contributed by atoms with Crippen LogP contribution in [-0.4, -0.2) is 9.97 Å². The van der Waals surface area contributed by atoms with E-state index in [1.807, 2.05) is 0 Å². The Kier molecular flexibility index (Phi) is 2.16. The number of hydrogen-bond acceptors (Lipinski definition) is 2. The quantitative estimate of drug-likeness (QED) is 0.843. The zero-order valence-electron chi connectivity index (χ0n) is 12.2. The van der Waals surface area contributed by atoms with Crippen LogP contribution in [0.2, 0.25) is 0 Å². The Balaban J connectivity index is 2.12. The lowest BCUT2D eigenvalue weighted by Crippen LogP contribution is -2.35. The number of H-pyrrole nitrogens is 1. The largest absolute Gasteiger partial charge is 0.344 e. The summed E-state index contributed by atoms with van der Waals surface area (Å²) in [6, 6.07) is 0. The first kappa shape index (κ1) is 12.2. The Morgan fingerprint density at radius 2 is 2.11 bits per heavy atom. The van der Waals surface area contributed by atoms with Crippen molar-refractivity contribution in [3.8, 4) is 0 Å². The fraction of sp³-hybridized carbons (Fsp3) is 0.800. The van der Waals surface area contributed by atoms with Gasteiger partial charge in [0.2, 0.25) is 0 Å². The predicted molar refractivity (Wildman–Crippen MR) is 73.5 cm³/mol. The van der Waals surface area contributed by atoms with Crippen LogP contribution < -0.4 is 5.73 Å². The van der Waals surface area contributed by atoms with E-state index in [9.17, 15) is 0 Å². The van der Waals surface area contributed by atoms with E-state index < -0.39 is 0 Å². The summed E-state index contributed by atoms with van der Waals surface area (Å²) < 4.78 is 0. The fourth-order valence-electron chi connectivity index (χ4n) is 3.93. The van der Waals surface area contributed by atoms with Crippen molar-refractivity contribution < 1.29 is 0 Å². The summed E-state index contributed by atoms with van der Waals surface area (Å²) in [5.74, 6) is 1.61. The van der Waals surface area contributed by atoms with Crippen LogP contribution in [0.4, 0.5) is 0 Å². The van der Waals surface area contributed by atoms with Crippen LogP contribution in [0.5, 0.6) is 0 Å². The van der Waals surface area contributed by atoms with Crippen LogP contribution >= 0.6 is 0 Å². The van der Waals surface area contributed by atoms with Crippen LogP contribution in [-0.2, 0) is 11.0 Å². The van der Waals surface area contributed by atoms with E-state index in [1.54, 1.807) is 0 Å². The fourth-order valence-corrected chi connectivity index (χ4v) is 3.93. The molecule has 3 nitrogen and oxygen atoms in total. The molecular formula is C15H25N3. The lowest BCUT2D eigenvalue weighted by Gasteiger charge is -2.34. The number of nitrogens with one attached hydrogen (secondary N) is 1. The van der Waals surface area contributed by atoms with Crippen molar-refractivity contribution in [2.75, 3.05) is 0 Å². The molecule has 0 spiro atoms. The predicted octanol–water partition coefficient (Wildman–Crippen LogP) is 3.17. The van der Waals surface area contributed by atoms with Gasteiger partial charge in [-0.05, 0) is 31.6 Å². The average molecular weight is 247 g/mol. The first-order valence-corrected chi connectivity index (χ1v) is 7.14. The highest BCUT2D eigenvalue weighted by Crippen LogP contribution is 2.67. The number of imidazole rings is 1. The van der Waals surface area contributed by atoms with Gasteiger partial charge < -0.3 is 10.7 Å². The van der Waals surface area contributed by atoms with Gasteiger partial charge in [0.15, 0.2) is 0 Å². The highest BCUT2D eigenvalue weighted by molar-refractivity contribution is 5.43.